The first-order chi connectivity index (χ1) is 4.42. The first-order valence-corrected chi connectivity index (χ1v) is 4.56. The molecule has 0 aromatic rings. The molecule has 0 saturated carbocycles. The summed E-state index contributed by atoms with van der Waals surface area (Å²) in [6, 6.07) is 0. The molecule has 0 aromatic carbocycles. The van der Waals surface area contributed by atoms with Gasteiger partial charge in [-0.1, -0.05) is 6.42 Å². The fourth-order valence-corrected chi connectivity index (χ4v) is 1.09. The lowest BCUT2D eigenvalue weighted by atomic mass is 10.0. The van der Waals surface area contributed by atoms with Crippen molar-refractivity contribution < 1.29 is 0 Å². The van der Waals surface area contributed by atoms with Crippen LogP contribution in [0.4, 0.5) is 0 Å². The molecule has 0 bridgehead atoms. The van der Waals surface area contributed by atoms with Gasteiger partial charge in [-0.2, -0.15) is 0 Å². The molecule has 0 saturated heterocycles. The quantitative estimate of drug-likeness (QED) is 0.581. The Morgan fingerprint density at radius 2 is 1.90 bits per heavy atom. The Hall–Kier alpha value is 0.580. The van der Waals surface area contributed by atoms with Crippen molar-refractivity contribution in [3.8, 4) is 0 Å². The zero-order valence-electron chi connectivity index (χ0n) is 6.95. The van der Waals surface area contributed by atoms with Crippen LogP contribution in [0, 0.1) is 0 Å². The first-order valence-electron chi connectivity index (χ1n) is 3.75. The predicted octanol–water partition coefficient (Wildman–Crippen LogP) is 3.80. The SMILES string of the molecule is CC(Cl)CCCC(C)(C)Cl. The molecule has 0 aliphatic rings. The van der Waals surface area contributed by atoms with Crippen LogP contribution in [0.15, 0.2) is 0 Å². The molecule has 0 spiro atoms. The maximum atomic E-state index is 5.97. The Morgan fingerprint density at radius 1 is 1.40 bits per heavy atom. The van der Waals surface area contributed by atoms with Crippen LogP contribution in [-0.4, -0.2) is 10.3 Å². The molecule has 0 aromatic heterocycles. The number of hydrogen-bond donors (Lipinski definition) is 0. The smallest absolute Gasteiger partial charge is 0.0390 e. The molecule has 0 heterocycles. The summed E-state index contributed by atoms with van der Waals surface area (Å²) < 4.78 is 0. The van der Waals surface area contributed by atoms with E-state index in [4.69, 9.17) is 23.2 Å². The molecule has 0 aliphatic heterocycles. The summed E-state index contributed by atoms with van der Waals surface area (Å²) in [5.41, 5.74) is 0. The van der Waals surface area contributed by atoms with Crippen molar-refractivity contribution in [2.45, 2.75) is 50.3 Å². The third kappa shape index (κ3) is 8.58. The Bertz CT molecular complexity index is 81.7. The lowest BCUT2D eigenvalue weighted by molar-refractivity contribution is 0.567. The molecule has 1 atom stereocenters. The van der Waals surface area contributed by atoms with Crippen LogP contribution in [0.25, 0.3) is 0 Å². The molecular weight excluding hydrogens is 167 g/mol. The summed E-state index contributed by atoms with van der Waals surface area (Å²) in [4.78, 5) is -0.0498. The predicted molar refractivity (Wildman–Crippen MR) is 49.1 cm³/mol. The van der Waals surface area contributed by atoms with Crippen molar-refractivity contribution in [3.63, 3.8) is 0 Å². The molecule has 2 heteroatoms. The van der Waals surface area contributed by atoms with Gasteiger partial charge >= 0.3 is 0 Å². The van der Waals surface area contributed by atoms with E-state index in [0.717, 1.165) is 19.3 Å². The molecule has 1 unspecified atom stereocenters. The highest BCUT2D eigenvalue weighted by atomic mass is 35.5. The zero-order chi connectivity index (χ0) is 8.20. The Morgan fingerprint density at radius 3 is 2.20 bits per heavy atom. The van der Waals surface area contributed by atoms with E-state index in [-0.39, 0.29) is 4.87 Å². The average Bonchev–Trinajstić information content (AvgIpc) is 1.59. The second-order valence-corrected chi connectivity index (χ2v) is 5.16. The lowest BCUT2D eigenvalue weighted by Crippen LogP contribution is -2.09. The Labute approximate surface area is 73.9 Å². The number of alkyl halides is 2. The topological polar surface area (TPSA) is 0 Å². The molecule has 10 heavy (non-hydrogen) atoms. The van der Waals surface area contributed by atoms with Crippen LogP contribution in [0.2, 0.25) is 0 Å². The van der Waals surface area contributed by atoms with Gasteiger partial charge in [0.05, 0.1) is 0 Å². The molecule has 0 aliphatic carbocycles. The molecular formula is C8H16Cl2. The van der Waals surface area contributed by atoms with Gasteiger partial charge in [0.2, 0.25) is 0 Å². The highest BCUT2D eigenvalue weighted by Crippen LogP contribution is 2.21. The molecule has 0 radical (unpaired) electrons. The minimum atomic E-state index is -0.0498. The van der Waals surface area contributed by atoms with Crippen LogP contribution in [-0.2, 0) is 0 Å². The summed E-state index contributed by atoms with van der Waals surface area (Å²) >= 11 is 11.7. The van der Waals surface area contributed by atoms with Crippen LogP contribution < -0.4 is 0 Å². The normalized spacial score (nSPS) is 15.3. The Balaban J connectivity index is 3.21. The lowest BCUT2D eigenvalue weighted by Gasteiger charge is -2.14. The van der Waals surface area contributed by atoms with E-state index in [1.807, 2.05) is 20.8 Å². The molecule has 0 amide bonds. The standard InChI is InChI=1S/C8H16Cl2/c1-7(9)5-4-6-8(2,3)10/h7H,4-6H2,1-3H3. The molecule has 62 valence electrons. The maximum Gasteiger partial charge on any atom is 0.0390 e. The van der Waals surface area contributed by atoms with Gasteiger partial charge in [-0.25, -0.2) is 0 Å². The van der Waals surface area contributed by atoms with Gasteiger partial charge in [-0.05, 0) is 33.6 Å². The van der Waals surface area contributed by atoms with E-state index in [1.54, 1.807) is 0 Å². The van der Waals surface area contributed by atoms with Crippen LogP contribution in [0.1, 0.15) is 40.0 Å². The van der Waals surface area contributed by atoms with E-state index >= 15 is 0 Å². The molecule has 0 fully saturated rings. The van der Waals surface area contributed by atoms with Crippen molar-refractivity contribution in [3.05, 3.63) is 0 Å². The minimum absolute atomic E-state index is 0.0498. The van der Waals surface area contributed by atoms with Gasteiger partial charge in [0.15, 0.2) is 0 Å². The summed E-state index contributed by atoms with van der Waals surface area (Å²) in [6.45, 7) is 6.09. The van der Waals surface area contributed by atoms with Crippen molar-refractivity contribution in [2.75, 3.05) is 0 Å². The number of halogens is 2. The fraction of sp³-hybridized carbons (Fsp3) is 1.00. The minimum Gasteiger partial charge on any atom is -0.123 e. The van der Waals surface area contributed by atoms with Crippen molar-refractivity contribution >= 4 is 23.2 Å². The average molecular weight is 183 g/mol. The highest BCUT2D eigenvalue weighted by Gasteiger charge is 2.12. The second-order valence-electron chi connectivity index (χ2n) is 3.39. The third-order valence-corrected chi connectivity index (χ3v) is 1.78. The Kier molecular flexibility index (Phi) is 4.71. The third-order valence-electron chi connectivity index (χ3n) is 1.37. The molecule has 0 rings (SSSR count). The molecule has 0 nitrogen and oxygen atoms in total. The van der Waals surface area contributed by atoms with E-state index in [9.17, 15) is 0 Å². The van der Waals surface area contributed by atoms with Crippen LogP contribution in [0.3, 0.4) is 0 Å². The van der Waals surface area contributed by atoms with Gasteiger partial charge in [0, 0.05) is 10.3 Å². The largest absolute Gasteiger partial charge is 0.123 e. The first kappa shape index (κ1) is 10.6. The van der Waals surface area contributed by atoms with Crippen molar-refractivity contribution in [1.29, 1.82) is 0 Å². The van der Waals surface area contributed by atoms with E-state index in [2.05, 4.69) is 0 Å². The molecule has 0 N–H and O–H groups in total. The maximum absolute atomic E-state index is 5.97. The summed E-state index contributed by atoms with van der Waals surface area (Å²) in [5.74, 6) is 0. The van der Waals surface area contributed by atoms with Crippen LogP contribution >= 0.6 is 23.2 Å². The zero-order valence-corrected chi connectivity index (χ0v) is 8.47. The van der Waals surface area contributed by atoms with E-state index < -0.39 is 0 Å². The van der Waals surface area contributed by atoms with Gasteiger partial charge in [0.1, 0.15) is 0 Å². The van der Waals surface area contributed by atoms with Crippen LogP contribution in [0.5, 0.6) is 0 Å². The second kappa shape index (κ2) is 4.46. The van der Waals surface area contributed by atoms with Crippen molar-refractivity contribution in [2.24, 2.45) is 0 Å². The summed E-state index contributed by atoms with van der Waals surface area (Å²) in [5, 5.41) is 0.291. The summed E-state index contributed by atoms with van der Waals surface area (Å²) in [7, 11) is 0. The highest BCUT2D eigenvalue weighted by molar-refractivity contribution is 6.23. The van der Waals surface area contributed by atoms with Gasteiger partial charge in [-0.15, -0.1) is 23.2 Å². The van der Waals surface area contributed by atoms with Gasteiger partial charge in [0.25, 0.3) is 0 Å². The van der Waals surface area contributed by atoms with Gasteiger partial charge < -0.3 is 0 Å². The monoisotopic (exact) mass is 182 g/mol. The van der Waals surface area contributed by atoms with E-state index in [1.165, 1.54) is 0 Å². The van der Waals surface area contributed by atoms with Gasteiger partial charge in [-0.3, -0.25) is 0 Å². The van der Waals surface area contributed by atoms with Crippen molar-refractivity contribution in [1.82, 2.24) is 0 Å². The fourth-order valence-electron chi connectivity index (χ4n) is 0.804. The number of hydrogen-bond acceptors (Lipinski definition) is 0. The summed E-state index contributed by atoms with van der Waals surface area (Å²) in [6.07, 6.45) is 3.24. The number of rotatable bonds is 4. The van der Waals surface area contributed by atoms with E-state index in [0.29, 0.717) is 5.38 Å².